The van der Waals surface area contributed by atoms with E-state index in [2.05, 4.69) is 42.2 Å². The molecule has 3 rings (SSSR count). The van der Waals surface area contributed by atoms with Crippen LogP contribution in [-0.2, 0) is 13.1 Å². The maximum atomic E-state index is 6.21. The minimum atomic E-state index is 0.0871. The van der Waals surface area contributed by atoms with Crippen molar-refractivity contribution in [3.8, 4) is 0 Å². The molecule has 0 spiro atoms. The van der Waals surface area contributed by atoms with Gasteiger partial charge in [0.2, 0.25) is 0 Å². The Labute approximate surface area is 122 Å². The number of fused-ring (bicyclic) bond motifs is 1. The molecule has 0 bridgehead atoms. The van der Waals surface area contributed by atoms with Crippen LogP contribution >= 0.6 is 22.9 Å². The lowest BCUT2D eigenvalue weighted by atomic mass is 10.1. The summed E-state index contributed by atoms with van der Waals surface area (Å²) in [6.07, 6.45) is 0. The average Bonchev–Trinajstić information content (AvgIpc) is 2.95. The number of rotatable bonds is 3. The van der Waals surface area contributed by atoms with Crippen molar-refractivity contribution in [2.24, 2.45) is 5.73 Å². The van der Waals surface area contributed by atoms with Crippen LogP contribution in [0.1, 0.15) is 29.0 Å². The van der Waals surface area contributed by atoms with Gasteiger partial charge < -0.3 is 5.73 Å². The van der Waals surface area contributed by atoms with Crippen LogP contribution in [0.3, 0.4) is 0 Å². The van der Waals surface area contributed by atoms with Crippen LogP contribution in [0, 0.1) is 0 Å². The predicted octanol–water partition coefficient (Wildman–Crippen LogP) is 3.81. The molecule has 2 atom stereocenters. The summed E-state index contributed by atoms with van der Waals surface area (Å²) in [5, 5.41) is 0. The van der Waals surface area contributed by atoms with E-state index in [0.29, 0.717) is 0 Å². The molecule has 1 aliphatic rings. The molecule has 0 radical (unpaired) electrons. The van der Waals surface area contributed by atoms with Crippen molar-refractivity contribution in [1.29, 1.82) is 0 Å². The molecule has 0 aliphatic carbocycles. The molecule has 1 aromatic heterocycles. The summed E-state index contributed by atoms with van der Waals surface area (Å²) >= 11 is 7.70. The Bertz CT molecular complexity index is 554. The third-order valence-corrected chi connectivity index (χ3v) is 4.94. The molecule has 4 heteroatoms. The van der Waals surface area contributed by atoms with Crippen molar-refractivity contribution < 1.29 is 0 Å². The fourth-order valence-electron chi connectivity index (χ4n) is 2.82. The number of benzene rings is 1. The van der Waals surface area contributed by atoms with Crippen LogP contribution in [0.5, 0.6) is 0 Å². The van der Waals surface area contributed by atoms with Crippen LogP contribution in [-0.4, -0.2) is 10.9 Å². The molecule has 2 heterocycles. The van der Waals surface area contributed by atoms with Crippen molar-refractivity contribution in [2.45, 2.75) is 32.1 Å². The minimum absolute atomic E-state index is 0.0871. The summed E-state index contributed by atoms with van der Waals surface area (Å²) in [4.78, 5) is 3.70. The number of hydrogen-bond donors (Lipinski definition) is 1. The first-order chi connectivity index (χ1) is 9.15. The lowest BCUT2D eigenvalue weighted by molar-refractivity contribution is 0.181. The molecule has 1 aromatic carbocycles. The van der Waals surface area contributed by atoms with E-state index >= 15 is 0 Å². The third-order valence-electron chi connectivity index (χ3n) is 3.64. The second-order valence-corrected chi connectivity index (χ2v) is 6.87. The first-order valence-electron chi connectivity index (χ1n) is 6.47. The number of thiophene rings is 1. The van der Waals surface area contributed by atoms with Gasteiger partial charge in [0.25, 0.3) is 0 Å². The van der Waals surface area contributed by atoms with Gasteiger partial charge >= 0.3 is 0 Å². The van der Waals surface area contributed by atoms with Crippen LogP contribution in [0.4, 0.5) is 0 Å². The zero-order valence-corrected chi connectivity index (χ0v) is 12.4. The Morgan fingerprint density at radius 2 is 1.79 bits per heavy atom. The largest absolute Gasteiger partial charge is 0.326 e. The van der Waals surface area contributed by atoms with E-state index in [4.69, 9.17) is 17.3 Å². The number of halogens is 1. The summed E-state index contributed by atoms with van der Waals surface area (Å²) in [5.74, 6) is 0. The smallest absolute Gasteiger partial charge is 0.0931 e. The summed E-state index contributed by atoms with van der Waals surface area (Å²) in [6.45, 7) is 4.01. The Kier molecular flexibility index (Phi) is 3.63. The monoisotopic (exact) mass is 292 g/mol. The first-order valence-corrected chi connectivity index (χ1v) is 7.66. The van der Waals surface area contributed by atoms with Crippen LogP contribution in [0.15, 0.2) is 36.4 Å². The van der Waals surface area contributed by atoms with Crippen LogP contribution in [0.25, 0.3) is 0 Å². The number of nitrogens with two attached hydrogens (primary N) is 1. The van der Waals surface area contributed by atoms with Crippen LogP contribution < -0.4 is 5.73 Å². The van der Waals surface area contributed by atoms with E-state index in [9.17, 15) is 0 Å². The van der Waals surface area contributed by atoms with E-state index in [0.717, 1.165) is 17.4 Å². The number of nitrogens with zero attached hydrogens (tertiary/aromatic N) is 1. The average molecular weight is 293 g/mol. The molecule has 2 nitrogen and oxygen atoms in total. The molecule has 1 aliphatic heterocycles. The third kappa shape index (κ3) is 2.56. The molecule has 0 saturated carbocycles. The molecule has 0 fully saturated rings. The molecule has 0 amide bonds. The lowest BCUT2D eigenvalue weighted by Gasteiger charge is -2.29. The zero-order valence-electron chi connectivity index (χ0n) is 10.8. The van der Waals surface area contributed by atoms with Gasteiger partial charge in [0.15, 0.2) is 0 Å². The van der Waals surface area contributed by atoms with Gasteiger partial charge in [0.05, 0.1) is 10.4 Å². The molecular weight excluding hydrogens is 276 g/mol. The summed E-state index contributed by atoms with van der Waals surface area (Å²) in [6, 6.07) is 13.0. The van der Waals surface area contributed by atoms with Crippen molar-refractivity contribution in [1.82, 2.24) is 4.90 Å². The molecule has 2 N–H and O–H groups in total. The highest BCUT2D eigenvalue weighted by Crippen LogP contribution is 2.36. The van der Waals surface area contributed by atoms with Gasteiger partial charge in [0.1, 0.15) is 0 Å². The second kappa shape index (κ2) is 5.25. The van der Waals surface area contributed by atoms with Gasteiger partial charge in [-0.15, -0.1) is 11.3 Å². The van der Waals surface area contributed by atoms with Gasteiger partial charge in [-0.1, -0.05) is 35.9 Å². The van der Waals surface area contributed by atoms with Crippen molar-refractivity contribution in [2.75, 3.05) is 0 Å². The van der Waals surface area contributed by atoms with Crippen molar-refractivity contribution in [3.05, 3.63) is 56.7 Å². The number of hydrogen-bond acceptors (Lipinski definition) is 3. The SMILES string of the molecule is CC(N)C(c1ccc(Cl)s1)N1Cc2ccccc2C1. The van der Waals surface area contributed by atoms with E-state index in [-0.39, 0.29) is 12.1 Å². The lowest BCUT2D eigenvalue weighted by Crippen LogP contribution is -2.36. The molecule has 0 saturated heterocycles. The topological polar surface area (TPSA) is 29.3 Å². The Hall–Kier alpha value is -0.870. The van der Waals surface area contributed by atoms with Gasteiger partial charge in [0, 0.05) is 24.0 Å². The van der Waals surface area contributed by atoms with Gasteiger partial charge in [-0.05, 0) is 30.2 Å². The Morgan fingerprint density at radius 1 is 1.16 bits per heavy atom. The summed E-state index contributed by atoms with van der Waals surface area (Å²) in [5.41, 5.74) is 9.04. The highest BCUT2D eigenvalue weighted by Gasteiger charge is 2.30. The van der Waals surface area contributed by atoms with Gasteiger partial charge in [-0.2, -0.15) is 0 Å². The molecule has 2 unspecified atom stereocenters. The van der Waals surface area contributed by atoms with Crippen LogP contribution in [0.2, 0.25) is 4.34 Å². The summed E-state index contributed by atoms with van der Waals surface area (Å²) in [7, 11) is 0. The highest BCUT2D eigenvalue weighted by atomic mass is 35.5. The molecule has 2 aromatic rings. The minimum Gasteiger partial charge on any atom is -0.326 e. The van der Waals surface area contributed by atoms with Gasteiger partial charge in [-0.25, -0.2) is 0 Å². The van der Waals surface area contributed by atoms with E-state index in [1.807, 2.05) is 6.07 Å². The Morgan fingerprint density at radius 3 is 2.26 bits per heavy atom. The second-order valence-electron chi connectivity index (χ2n) is 5.12. The fourth-order valence-corrected chi connectivity index (χ4v) is 4.13. The van der Waals surface area contributed by atoms with Gasteiger partial charge in [-0.3, -0.25) is 4.90 Å². The summed E-state index contributed by atoms with van der Waals surface area (Å²) < 4.78 is 0.831. The molecular formula is C15H17ClN2S. The normalized spacial score (nSPS) is 18.3. The van der Waals surface area contributed by atoms with E-state index in [1.54, 1.807) is 11.3 Å². The zero-order chi connectivity index (χ0) is 13.4. The maximum Gasteiger partial charge on any atom is 0.0931 e. The van der Waals surface area contributed by atoms with E-state index < -0.39 is 0 Å². The Balaban J connectivity index is 1.88. The molecule has 100 valence electrons. The molecule has 19 heavy (non-hydrogen) atoms. The fraction of sp³-hybridized carbons (Fsp3) is 0.333. The standard InChI is InChI=1S/C15H17ClN2S/c1-10(17)15(13-6-7-14(16)19-13)18-8-11-4-2-3-5-12(11)9-18/h2-7,10,15H,8-9,17H2,1H3. The predicted molar refractivity (Wildman–Crippen MR) is 81.4 cm³/mol. The highest BCUT2D eigenvalue weighted by molar-refractivity contribution is 7.16. The first kappa shape index (κ1) is 13.1. The van der Waals surface area contributed by atoms with E-state index in [1.165, 1.54) is 16.0 Å². The van der Waals surface area contributed by atoms with Crippen molar-refractivity contribution in [3.63, 3.8) is 0 Å². The van der Waals surface area contributed by atoms with Crippen molar-refractivity contribution >= 4 is 22.9 Å². The quantitative estimate of drug-likeness (QED) is 0.932. The maximum absolute atomic E-state index is 6.21.